The molecule has 1 N–H and O–H groups in total. The summed E-state index contributed by atoms with van der Waals surface area (Å²) in [5.74, 6) is 0. The second-order valence-corrected chi connectivity index (χ2v) is 6.41. The number of hydrogen-bond donors (Lipinski definition) is 1. The Morgan fingerprint density at radius 2 is 2.05 bits per heavy atom. The maximum Gasteiger partial charge on any atom is 0.0234 e. The monoisotopic (exact) mass is 326 g/mol. The minimum atomic E-state index is 0.540. The van der Waals surface area contributed by atoms with Gasteiger partial charge in [-0.1, -0.05) is 41.4 Å². The fourth-order valence-electron chi connectivity index (χ4n) is 2.14. The van der Waals surface area contributed by atoms with Gasteiger partial charge in [-0.3, -0.25) is 4.90 Å². The molecule has 0 heterocycles. The van der Waals surface area contributed by atoms with Gasteiger partial charge in [-0.05, 0) is 45.0 Å². The van der Waals surface area contributed by atoms with Gasteiger partial charge < -0.3 is 5.32 Å². The number of benzene rings is 1. The Morgan fingerprint density at radius 1 is 1.32 bits per heavy atom. The van der Waals surface area contributed by atoms with Crippen molar-refractivity contribution in [1.82, 2.24) is 10.2 Å². The first-order valence-electron chi connectivity index (χ1n) is 7.21. The predicted octanol–water partition coefficient (Wildman–Crippen LogP) is 4.05. The smallest absolute Gasteiger partial charge is 0.0234 e. The Hall–Kier alpha value is -0.380. The van der Waals surface area contributed by atoms with E-state index >= 15 is 0 Å². The quantitative estimate of drug-likeness (QED) is 0.775. The number of halogens is 1. The zero-order chi connectivity index (χ0) is 14.3. The van der Waals surface area contributed by atoms with Crippen molar-refractivity contribution in [2.24, 2.45) is 0 Å². The second kappa shape index (κ2) is 8.72. The van der Waals surface area contributed by atoms with Gasteiger partial charge in [0.1, 0.15) is 0 Å². The van der Waals surface area contributed by atoms with Gasteiger partial charge in [-0.25, -0.2) is 0 Å². The average Bonchev–Trinajstić information content (AvgIpc) is 2.36. The number of nitrogens with one attached hydrogen (secondary N) is 1. The summed E-state index contributed by atoms with van der Waals surface area (Å²) in [6.45, 7) is 8.82. The Bertz CT molecular complexity index is 368. The summed E-state index contributed by atoms with van der Waals surface area (Å²) in [5, 5.41) is 3.61. The van der Waals surface area contributed by atoms with Crippen LogP contribution >= 0.6 is 15.9 Å². The van der Waals surface area contributed by atoms with Crippen LogP contribution in [0.25, 0.3) is 0 Å². The molecule has 19 heavy (non-hydrogen) atoms. The molecular weight excluding hydrogens is 300 g/mol. The predicted molar refractivity (Wildman–Crippen MR) is 87.4 cm³/mol. The van der Waals surface area contributed by atoms with E-state index in [2.05, 4.69) is 78.2 Å². The minimum Gasteiger partial charge on any atom is -0.313 e. The Labute approximate surface area is 126 Å². The highest BCUT2D eigenvalue weighted by Gasteiger charge is 2.10. The Morgan fingerprint density at radius 3 is 2.68 bits per heavy atom. The number of hydrogen-bond acceptors (Lipinski definition) is 2. The van der Waals surface area contributed by atoms with Crippen molar-refractivity contribution < 1.29 is 0 Å². The first kappa shape index (κ1) is 16.7. The number of rotatable bonds is 8. The topological polar surface area (TPSA) is 15.3 Å². The molecule has 1 aromatic rings. The first-order valence-corrected chi connectivity index (χ1v) is 8.00. The molecule has 0 fully saturated rings. The maximum absolute atomic E-state index is 3.61. The van der Waals surface area contributed by atoms with Crippen molar-refractivity contribution in [3.63, 3.8) is 0 Å². The van der Waals surface area contributed by atoms with Crippen molar-refractivity contribution in [1.29, 1.82) is 0 Å². The number of likely N-dealkylation sites (N-methyl/N-ethyl adjacent to an activating group) is 1. The molecule has 3 heteroatoms. The fraction of sp³-hybridized carbons (Fsp3) is 0.625. The Kier molecular flexibility index (Phi) is 7.66. The lowest BCUT2D eigenvalue weighted by atomic mass is 10.1. The van der Waals surface area contributed by atoms with E-state index < -0.39 is 0 Å². The van der Waals surface area contributed by atoms with Crippen LogP contribution in [-0.2, 0) is 6.54 Å². The van der Waals surface area contributed by atoms with E-state index in [1.54, 1.807) is 0 Å². The summed E-state index contributed by atoms with van der Waals surface area (Å²) in [4.78, 5) is 2.40. The van der Waals surface area contributed by atoms with Gasteiger partial charge in [0.15, 0.2) is 0 Å². The molecule has 0 aliphatic heterocycles. The van der Waals surface area contributed by atoms with Gasteiger partial charge in [-0.2, -0.15) is 0 Å². The molecule has 0 aromatic heterocycles. The summed E-state index contributed by atoms with van der Waals surface area (Å²) >= 11 is 3.53. The average molecular weight is 327 g/mol. The highest BCUT2D eigenvalue weighted by atomic mass is 79.9. The normalized spacial score (nSPS) is 14.6. The van der Waals surface area contributed by atoms with Crippen LogP contribution in [0.2, 0.25) is 0 Å². The van der Waals surface area contributed by atoms with Gasteiger partial charge in [0.05, 0.1) is 0 Å². The summed E-state index contributed by atoms with van der Waals surface area (Å²) < 4.78 is 1.15. The van der Waals surface area contributed by atoms with Crippen LogP contribution in [0.1, 0.15) is 39.2 Å². The summed E-state index contributed by atoms with van der Waals surface area (Å²) in [6.07, 6.45) is 2.50. The van der Waals surface area contributed by atoms with Gasteiger partial charge >= 0.3 is 0 Å². The molecule has 0 saturated carbocycles. The third-order valence-electron chi connectivity index (χ3n) is 3.56. The van der Waals surface area contributed by atoms with Gasteiger partial charge in [0.2, 0.25) is 0 Å². The highest BCUT2D eigenvalue weighted by molar-refractivity contribution is 9.10. The largest absolute Gasteiger partial charge is 0.313 e. The SMILES string of the molecule is CCCC(C)NCC(C)N(C)Cc1cccc(Br)c1. The third-order valence-corrected chi connectivity index (χ3v) is 4.05. The lowest BCUT2D eigenvalue weighted by Crippen LogP contribution is -2.40. The van der Waals surface area contributed by atoms with Crippen LogP contribution in [0.3, 0.4) is 0 Å². The fourth-order valence-corrected chi connectivity index (χ4v) is 2.59. The zero-order valence-electron chi connectivity index (χ0n) is 12.6. The minimum absolute atomic E-state index is 0.540. The van der Waals surface area contributed by atoms with Crippen LogP contribution in [0.15, 0.2) is 28.7 Å². The Balaban J connectivity index is 2.38. The second-order valence-electron chi connectivity index (χ2n) is 5.49. The molecular formula is C16H27BrN2. The molecule has 0 aliphatic carbocycles. The summed E-state index contributed by atoms with van der Waals surface area (Å²) in [5.41, 5.74) is 1.35. The lowest BCUT2D eigenvalue weighted by Gasteiger charge is -2.26. The van der Waals surface area contributed by atoms with Crippen LogP contribution in [0.5, 0.6) is 0 Å². The molecule has 2 atom stereocenters. The third kappa shape index (κ3) is 6.55. The molecule has 108 valence electrons. The molecule has 1 aromatic carbocycles. The van der Waals surface area contributed by atoms with Gasteiger partial charge in [0.25, 0.3) is 0 Å². The van der Waals surface area contributed by atoms with Crippen molar-refractivity contribution in [3.05, 3.63) is 34.3 Å². The number of nitrogens with zero attached hydrogens (tertiary/aromatic N) is 1. The van der Waals surface area contributed by atoms with Crippen LogP contribution < -0.4 is 5.32 Å². The van der Waals surface area contributed by atoms with Crippen LogP contribution in [0.4, 0.5) is 0 Å². The van der Waals surface area contributed by atoms with Crippen molar-refractivity contribution in [2.45, 2.75) is 52.2 Å². The molecule has 0 amide bonds. The van der Waals surface area contributed by atoms with Crippen LogP contribution in [-0.4, -0.2) is 30.6 Å². The maximum atomic E-state index is 3.61. The van der Waals surface area contributed by atoms with Crippen molar-refractivity contribution in [3.8, 4) is 0 Å². The van der Waals surface area contributed by atoms with E-state index in [1.807, 2.05) is 0 Å². The molecule has 2 nitrogen and oxygen atoms in total. The molecule has 0 saturated heterocycles. The van der Waals surface area contributed by atoms with E-state index in [0.717, 1.165) is 17.6 Å². The summed E-state index contributed by atoms with van der Waals surface area (Å²) in [6, 6.07) is 9.70. The van der Waals surface area contributed by atoms with E-state index in [4.69, 9.17) is 0 Å². The van der Waals surface area contributed by atoms with Crippen LogP contribution in [0, 0.1) is 0 Å². The van der Waals surface area contributed by atoms with Crippen molar-refractivity contribution in [2.75, 3.05) is 13.6 Å². The van der Waals surface area contributed by atoms with E-state index in [9.17, 15) is 0 Å². The van der Waals surface area contributed by atoms with Gasteiger partial charge in [0, 0.05) is 29.6 Å². The van der Waals surface area contributed by atoms with E-state index in [0.29, 0.717) is 12.1 Å². The first-order chi connectivity index (χ1) is 9.02. The summed E-state index contributed by atoms with van der Waals surface area (Å²) in [7, 11) is 2.19. The molecule has 2 unspecified atom stereocenters. The standard InChI is InChI=1S/C16H27BrN2/c1-5-7-13(2)18-11-14(3)19(4)12-15-8-6-9-16(17)10-15/h6,8-10,13-14,18H,5,7,11-12H2,1-4H3. The zero-order valence-corrected chi connectivity index (χ0v) is 14.2. The van der Waals surface area contributed by atoms with E-state index in [-0.39, 0.29) is 0 Å². The molecule has 0 spiro atoms. The van der Waals surface area contributed by atoms with Gasteiger partial charge in [-0.15, -0.1) is 0 Å². The van der Waals surface area contributed by atoms with E-state index in [1.165, 1.54) is 18.4 Å². The molecule has 0 bridgehead atoms. The molecule has 0 radical (unpaired) electrons. The molecule has 1 rings (SSSR count). The lowest BCUT2D eigenvalue weighted by molar-refractivity contribution is 0.237. The van der Waals surface area contributed by atoms with Crippen molar-refractivity contribution >= 4 is 15.9 Å². The highest BCUT2D eigenvalue weighted by Crippen LogP contribution is 2.13. The molecule has 0 aliphatic rings.